The van der Waals surface area contributed by atoms with Crippen molar-refractivity contribution < 1.29 is 9.59 Å². The maximum Gasteiger partial charge on any atom is 0.236 e. The summed E-state index contributed by atoms with van der Waals surface area (Å²) in [5, 5.41) is 0. The van der Waals surface area contributed by atoms with Gasteiger partial charge in [-0.3, -0.25) is 14.5 Å². The SMILES string of the molecule is NCCN1CCC(N2C(=O)CC3(CCCCC3)C2=O)CC1. The second kappa shape index (κ2) is 6.05. The Morgan fingerprint density at radius 3 is 2.38 bits per heavy atom. The maximum atomic E-state index is 12.9. The Morgan fingerprint density at radius 2 is 1.76 bits per heavy atom. The van der Waals surface area contributed by atoms with Crippen LogP contribution in [0, 0.1) is 5.41 Å². The number of imide groups is 1. The molecule has 1 saturated carbocycles. The molecule has 2 heterocycles. The molecule has 2 aliphatic heterocycles. The van der Waals surface area contributed by atoms with Crippen LogP contribution in [-0.2, 0) is 9.59 Å². The van der Waals surface area contributed by atoms with Gasteiger partial charge in [0.1, 0.15) is 0 Å². The van der Waals surface area contributed by atoms with Gasteiger partial charge in [0.25, 0.3) is 0 Å². The highest BCUT2D eigenvalue weighted by Crippen LogP contribution is 2.46. The van der Waals surface area contributed by atoms with Crippen LogP contribution in [-0.4, -0.2) is 53.8 Å². The molecule has 5 heteroatoms. The third kappa shape index (κ3) is 2.73. The fourth-order valence-corrected chi connectivity index (χ4v) is 4.39. The summed E-state index contributed by atoms with van der Waals surface area (Å²) in [5.41, 5.74) is 5.26. The van der Waals surface area contributed by atoms with Crippen LogP contribution >= 0.6 is 0 Å². The molecular formula is C16H27N3O2. The van der Waals surface area contributed by atoms with Crippen molar-refractivity contribution >= 4 is 11.8 Å². The highest BCUT2D eigenvalue weighted by atomic mass is 16.2. The van der Waals surface area contributed by atoms with Crippen molar-refractivity contribution in [3.63, 3.8) is 0 Å². The van der Waals surface area contributed by atoms with E-state index >= 15 is 0 Å². The molecule has 118 valence electrons. The van der Waals surface area contributed by atoms with Gasteiger partial charge < -0.3 is 10.6 Å². The van der Waals surface area contributed by atoms with E-state index in [-0.39, 0.29) is 23.3 Å². The first-order valence-electron chi connectivity index (χ1n) is 8.45. The fraction of sp³-hybridized carbons (Fsp3) is 0.875. The summed E-state index contributed by atoms with van der Waals surface area (Å²) in [4.78, 5) is 29.3. The molecule has 0 aromatic heterocycles. The third-order valence-corrected chi connectivity index (χ3v) is 5.61. The molecule has 0 radical (unpaired) electrons. The Balaban J connectivity index is 1.66. The van der Waals surface area contributed by atoms with Crippen molar-refractivity contribution in [2.24, 2.45) is 11.1 Å². The summed E-state index contributed by atoms with van der Waals surface area (Å²) in [6, 6.07) is 0.125. The van der Waals surface area contributed by atoms with Gasteiger partial charge in [-0.05, 0) is 25.7 Å². The van der Waals surface area contributed by atoms with Crippen molar-refractivity contribution in [1.29, 1.82) is 0 Å². The molecule has 0 aromatic rings. The van der Waals surface area contributed by atoms with E-state index in [9.17, 15) is 9.59 Å². The minimum atomic E-state index is -0.330. The second-order valence-electron chi connectivity index (χ2n) is 6.95. The van der Waals surface area contributed by atoms with Gasteiger partial charge in [0.05, 0.1) is 5.41 Å². The number of likely N-dealkylation sites (tertiary alicyclic amines) is 2. The lowest BCUT2D eigenvalue weighted by Crippen LogP contribution is -2.49. The van der Waals surface area contributed by atoms with Crippen molar-refractivity contribution in [3.8, 4) is 0 Å². The topological polar surface area (TPSA) is 66.6 Å². The van der Waals surface area contributed by atoms with Gasteiger partial charge in [-0.1, -0.05) is 19.3 Å². The van der Waals surface area contributed by atoms with Crippen LogP contribution in [0.25, 0.3) is 0 Å². The first-order valence-corrected chi connectivity index (χ1v) is 8.45. The molecular weight excluding hydrogens is 266 g/mol. The van der Waals surface area contributed by atoms with Crippen LogP contribution in [0.3, 0.4) is 0 Å². The molecule has 0 bridgehead atoms. The minimum absolute atomic E-state index is 0.0826. The summed E-state index contributed by atoms with van der Waals surface area (Å²) in [5.74, 6) is 0.226. The number of carbonyl (C=O) groups excluding carboxylic acids is 2. The van der Waals surface area contributed by atoms with Crippen molar-refractivity contribution in [1.82, 2.24) is 9.80 Å². The molecule has 1 aliphatic carbocycles. The van der Waals surface area contributed by atoms with Gasteiger partial charge in [-0.25, -0.2) is 0 Å². The number of carbonyl (C=O) groups is 2. The number of piperidine rings is 1. The van der Waals surface area contributed by atoms with Gasteiger partial charge in [0.2, 0.25) is 11.8 Å². The van der Waals surface area contributed by atoms with Crippen LogP contribution in [0.15, 0.2) is 0 Å². The van der Waals surface area contributed by atoms with Crippen LogP contribution in [0.5, 0.6) is 0 Å². The molecule has 3 rings (SSSR count). The predicted molar refractivity (Wildman–Crippen MR) is 80.5 cm³/mol. The maximum absolute atomic E-state index is 12.9. The lowest BCUT2D eigenvalue weighted by Gasteiger charge is -2.37. The average Bonchev–Trinajstić information content (AvgIpc) is 2.72. The first kappa shape index (κ1) is 15.0. The fourth-order valence-electron chi connectivity index (χ4n) is 4.39. The molecule has 0 atom stereocenters. The molecule has 1 spiro atoms. The van der Waals surface area contributed by atoms with Crippen molar-refractivity contribution in [2.75, 3.05) is 26.2 Å². The summed E-state index contributed by atoms with van der Waals surface area (Å²) >= 11 is 0. The minimum Gasteiger partial charge on any atom is -0.329 e. The van der Waals surface area contributed by atoms with E-state index in [1.54, 1.807) is 4.90 Å². The van der Waals surface area contributed by atoms with Crippen LogP contribution in [0.2, 0.25) is 0 Å². The van der Waals surface area contributed by atoms with E-state index in [1.807, 2.05) is 0 Å². The van der Waals surface area contributed by atoms with Gasteiger partial charge in [-0.2, -0.15) is 0 Å². The lowest BCUT2D eigenvalue weighted by molar-refractivity contribution is -0.145. The van der Waals surface area contributed by atoms with Gasteiger partial charge in [0, 0.05) is 38.6 Å². The van der Waals surface area contributed by atoms with Gasteiger partial charge in [-0.15, -0.1) is 0 Å². The van der Waals surface area contributed by atoms with Crippen molar-refractivity contribution in [2.45, 2.75) is 57.4 Å². The van der Waals surface area contributed by atoms with Gasteiger partial charge in [0.15, 0.2) is 0 Å². The summed E-state index contributed by atoms with van der Waals surface area (Å²) in [6.07, 6.45) is 7.53. The predicted octanol–water partition coefficient (Wildman–Crippen LogP) is 1.12. The second-order valence-corrected chi connectivity index (χ2v) is 6.95. The van der Waals surface area contributed by atoms with E-state index in [1.165, 1.54) is 6.42 Å². The number of nitrogens with zero attached hydrogens (tertiary/aromatic N) is 2. The first-order chi connectivity index (χ1) is 10.2. The standard InChI is InChI=1S/C16H27N3O2/c17-8-11-18-9-4-13(5-10-18)19-14(20)12-16(15(19)21)6-2-1-3-7-16/h13H,1-12,17H2. The Hall–Kier alpha value is -0.940. The van der Waals surface area contributed by atoms with E-state index in [2.05, 4.69) is 4.90 Å². The number of hydrogen-bond acceptors (Lipinski definition) is 4. The Morgan fingerprint density at radius 1 is 1.10 bits per heavy atom. The summed E-state index contributed by atoms with van der Waals surface area (Å²) in [6.45, 7) is 3.49. The molecule has 5 nitrogen and oxygen atoms in total. The zero-order valence-electron chi connectivity index (χ0n) is 12.9. The van der Waals surface area contributed by atoms with Crippen molar-refractivity contribution in [3.05, 3.63) is 0 Å². The van der Waals surface area contributed by atoms with Gasteiger partial charge >= 0.3 is 0 Å². The molecule has 0 aromatic carbocycles. The monoisotopic (exact) mass is 293 g/mol. The molecule has 2 saturated heterocycles. The zero-order chi connectivity index (χ0) is 14.9. The number of nitrogens with two attached hydrogens (primary N) is 1. The zero-order valence-corrected chi connectivity index (χ0v) is 12.9. The largest absolute Gasteiger partial charge is 0.329 e. The van der Waals surface area contributed by atoms with E-state index < -0.39 is 0 Å². The third-order valence-electron chi connectivity index (χ3n) is 5.61. The van der Waals surface area contributed by atoms with E-state index in [0.717, 1.165) is 58.2 Å². The molecule has 0 unspecified atom stereocenters. The van der Waals surface area contributed by atoms with Crippen LogP contribution < -0.4 is 5.73 Å². The summed E-state index contributed by atoms with van der Waals surface area (Å²) < 4.78 is 0. The Labute approximate surface area is 126 Å². The van der Waals surface area contributed by atoms with E-state index in [4.69, 9.17) is 5.73 Å². The summed E-state index contributed by atoms with van der Waals surface area (Å²) in [7, 11) is 0. The normalized spacial score (nSPS) is 27.8. The molecule has 3 aliphatic rings. The molecule has 21 heavy (non-hydrogen) atoms. The number of hydrogen-bond donors (Lipinski definition) is 1. The van der Waals surface area contributed by atoms with Crippen LogP contribution in [0.4, 0.5) is 0 Å². The van der Waals surface area contributed by atoms with E-state index in [0.29, 0.717) is 13.0 Å². The van der Waals surface area contributed by atoms with Crippen LogP contribution in [0.1, 0.15) is 51.4 Å². The average molecular weight is 293 g/mol. The number of amides is 2. The smallest absolute Gasteiger partial charge is 0.236 e. The quantitative estimate of drug-likeness (QED) is 0.792. The highest BCUT2D eigenvalue weighted by Gasteiger charge is 2.53. The number of rotatable bonds is 3. The Kier molecular flexibility index (Phi) is 4.31. The molecule has 2 N–H and O–H groups in total. The molecule has 3 fully saturated rings. The Bertz CT molecular complexity index is 410. The molecule has 2 amide bonds. The highest BCUT2D eigenvalue weighted by molar-refractivity contribution is 6.06. The lowest BCUT2D eigenvalue weighted by atomic mass is 9.73.